The molecule has 2 aromatic rings. The van der Waals surface area contributed by atoms with Gasteiger partial charge in [0.05, 0.1) is 6.42 Å². The largest absolute Gasteiger partial charge is 0.490 e. The van der Waals surface area contributed by atoms with Gasteiger partial charge in [-0.05, 0) is 67.9 Å². The van der Waals surface area contributed by atoms with E-state index in [1.807, 2.05) is 18.2 Å². The molecule has 1 unspecified atom stereocenters. The number of carbonyl (C=O) groups is 3. The van der Waals surface area contributed by atoms with Gasteiger partial charge in [-0.25, -0.2) is 4.79 Å². The molecule has 15 heteroatoms. The van der Waals surface area contributed by atoms with Crippen LogP contribution in [0.5, 0.6) is 0 Å². The Morgan fingerprint density at radius 3 is 2.18 bits per heavy atom. The first-order chi connectivity index (χ1) is 21.3. The second kappa shape index (κ2) is 13.4. The Morgan fingerprint density at radius 2 is 1.58 bits per heavy atom. The number of rotatable bonds is 7. The smallest absolute Gasteiger partial charge is 0.475 e. The number of halogens is 3. The minimum absolute atomic E-state index is 0.0598. The number of alkyl halides is 3. The number of anilines is 1. The normalized spacial score (nSPS) is 23.9. The third-order valence-corrected chi connectivity index (χ3v) is 10.9. The fraction of sp³-hybridized carbons (Fsp3) is 0.500. The van der Waals surface area contributed by atoms with Crippen LogP contribution in [0.1, 0.15) is 60.0 Å². The van der Waals surface area contributed by atoms with Crippen LogP contribution < -0.4 is 16.0 Å². The monoisotopic (exact) mass is 651 g/mol. The van der Waals surface area contributed by atoms with Gasteiger partial charge in [0.15, 0.2) is 0 Å². The number of carboxylic acid groups (broad SMARTS) is 1. The molecule has 45 heavy (non-hydrogen) atoms. The molecule has 0 aliphatic carbocycles. The number of nitrogens with one attached hydrogen (secondary N) is 3. The summed E-state index contributed by atoms with van der Waals surface area (Å²) in [6.45, 7) is 1.85. The van der Waals surface area contributed by atoms with Crippen molar-refractivity contribution in [2.45, 2.75) is 81.8 Å². The van der Waals surface area contributed by atoms with Gasteiger partial charge in [-0.3, -0.25) is 9.59 Å². The van der Waals surface area contributed by atoms with E-state index in [9.17, 15) is 31.2 Å². The van der Waals surface area contributed by atoms with Crippen LogP contribution in [0, 0.1) is 0 Å². The highest BCUT2D eigenvalue weighted by molar-refractivity contribution is 7.86. The molecule has 6 rings (SSSR count). The summed E-state index contributed by atoms with van der Waals surface area (Å²) >= 11 is 0. The molecule has 4 aliphatic rings. The zero-order chi connectivity index (χ0) is 32.4. The number of piperidine rings is 2. The molecule has 0 saturated carbocycles. The van der Waals surface area contributed by atoms with Crippen LogP contribution in [0.3, 0.4) is 0 Å². The fourth-order valence-electron chi connectivity index (χ4n) is 6.55. The summed E-state index contributed by atoms with van der Waals surface area (Å²) in [6.07, 6.45) is -0.276. The van der Waals surface area contributed by atoms with Crippen molar-refractivity contribution in [1.29, 1.82) is 0 Å². The number of aliphatic carboxylic acids is 1. The molecule has 3 saturated heterocycles. The molecule has 3 fully saturated rings. The van der Waals surface area contributed by atoms with Crippen LogP contribution in [0.25, 0.3) is 0 Å². The molecule has 4 heterocycles. The zero-order valence-electron chi connectivity index (χ0n) is 24.4. The maximum atomic E-state index is 13.7. The Morgan fingerprint density at radius 1 is 0.956 bits per heavy atom. The van der Waals surface area contributed by atoms with Crippen LogP contribution in [0.15, 0.2) is 48.5 Å². The number of nitrogens with zero attached hydrogens (tertiary/aromatic N) is 2. The van der Waals surface area contributed by atoms with Gasteiger partial charge in [-0.15, -0.1) is 0 Å². The lowest BCUT2D eigenvalue weighted by Crippen LogP contribution is -2.57. The standard InChI is InChI=1S/C28H35N5O4S.C2HF3O2/c34-27-15-21-14-20(6-9-26(21)31-27)28(35)30-23-16-24-7-8-25(17-23)33(24)38(36,37)32-12-10-22(11-13-32)29-18-19-4-2-1-3-5-19;3-2(4,5)1(6)7/h1-6,9,14,22-25,29H,7-8,10-13,15-18H2,(H,30,35)(H,31,34);(H,6,7)/t23?,24-,25+;. The summed E-state index contributed by atoms with van der Waals surface area (Å²) in [4.78, 5) is 33.5. The Bertz CT molecular complexity index is 1500. The van der Waals surface area contributed by atoms with Crippen molar-refractivity contribution in [3.8, 4) is 0 Å². The lowest BCUT2D eigenvalue weighted by Gasteiger charge is -2.42. The number of fused-ring (bicyclic) bond motifs is 3. The molecule has 0 spiro atoms. The fourth-order valence-corrected chi connectivity index (χ4v) is 8.63. The predicted molar refractivity (Wildman–Crippen MR) is 158 cm³/mol. The van der Waals surface area contributed by atoms with Gasteiger partial charge < -0.3 is 21.1 Å². The summed E-state index contributed by atoms with van der Waals surface area (Å²) in [5.41, 5.74) is 3.37. The van der Waals surface area contributed by atoms with Crippen molar-refractivity contribution < 1.29 is 41.1 Å². The number of hydrogen-bond acceptors (Lipinski definition) is 6. The van der Waals surface area contributed by atoms with Crippen molar-refractivity contribution in [2.24, 2.45) is 0 Å². The Hall–Kier alpha value is -3.53. The maximum Gasteiger partial charge on any atom is 0.490 e. The van der Waals surface area contributed by atoms with Crippen molar-refractivity contribution in [2.75, 3.05) is 18.4 Å². The molecular formula is C30H36F3N5O6S. The van der Waals surface area contributed by atoms with E-state index < -0.39 is 22.4 Å². The molecule has 2 amide bonds. The number of amides is 2. The zero-order valence-corrected chi connectivity index (χ0v) is 25.2. The van der Waals surface area contributed by atoms with E-state index in [4.69, 9.17) is 9.90 Å². The molecule has 3 atom stereocenters. The van der Waals surface area contributed by atoms with E-state index in [0.29, 0.717) is 37.5 Å². The SMILES string of the molecule is O=C(O)C(F)(F)F.O=C1Cc2cc(C(=O)NC3C[C@H]4CC[C@@H](C3)N4S(=O)(=O)N3CCC(NCc4ccccc4)CC3)ccc2N1. The maximum absolute atomic E-state index is 13.7. The van der Waals surface area contributed by atoms with Gasteiger partial charge in [0.25, 0.3) is 16.1 Å². The minimum atomic E-state index is -5.08. The molecule has 11 nitrogen and oxygen atoms in total. The number of carboxylic acids is 1. The third kappa shape index (κ3) is 7.83. The quantitative estimate of drug-likeness (QED) is 0.360. The molecule has 0 radical (unpaired) electrons. The van der Waals surface area contributed by atoms with Crippen molar-refractivity contribution >= 4 is 33.7 Å². The van der Waals surface area contributed by atoms with Crippen molar-refractivity contribution in [1.82, 2.24) is 19.2 Å². The van der Waals surface area contributed by atoms with Gasteiger partial charge in [0.1, 0.15) is 0 Å². The highest BCUT2D eigenvalue weighted by Crippen LogP contribution is 2.39. The summed E-state index contributed by atoms with van der Waals surface area (Å²) in [6, 6.07) is 15.6. The average Bonchev–Trinajstić information content (AvgIpc) is 3.52. The van der Waals surface area contributed by atoms with Gasteiger partial charge in [-0.2, -0.15) is 30.2 Å². The van der Waals surface area contributed by atoms with Gasteiger partial charge in [0, 0.05) is 55.1 Å². The topological polar surface area (TPSA) is 148 Å². The van der Waals surface area contributed by atoms with E-state index in [1.54, 1.807) is 26.8 Å². The number of benzene rings is 2. The van der Waals surface area contributed by atoms with E-state index in [2.05, 4.69) is 28.1 Å². The van der Waals surface area contributed by atoms with Crippen LogP contribution >= 0.6 is 0 Å². The van der Waals surface area contributed by atoms with E-state index in [0.717, 1.165) is 43.5 Å². The summed E-state index contributed by atoms with van der Waals surface area (Å²) in [7, 11) is -3.54. The number of hydrogen-bond donors (Lipinski definition) is 4. The van der Waals surface area contributed by atoms with E-state index in [1.165, 1.54) is 5.56 Å². The van der Waals surface area contributed by atoms with E-state index >= 15 is 0 Å². The average molecular weight is 652 g/mol. The molecular weight excluding hydrogens is 615 g/mol. The van der Waals surface area contributed by atoms with Crippen LogP contribution in [-0.4, -0.2) is 83.4 Å². The summed E-state index contributed by atoms with van der Waals surface area (Å²) < 4.78 is 62.5. The first-order valence-electron chi connectivity index (χ1n) is 14.9. The lowest BCUT2D eigenvalue weighted by molar-refractivity contribution is -0.192. The summed E-state index contributed by atoms with van der Waals surface area (Å²) in [5, 5.41) is 16.6. The highest BCUT2D eigenvalue weighted by Gasteiger charge is 2.49. The molecule has 244 valence electrons. The lowest BCUT2D eigenvalue weighted by atomic mass is 9.99. The molecule has 2 bridgehead atoms. The molecule has 0 aromatic heterocycles. The summed E-state index contributed by atoms with van der Waals surface area (Å²) in [5.74, 6) is -2.99. The first-order valence-corrected chi connectivity index (χ1v) is 16.3. The van der Waals surface area contributed by atoms with Gasteiger partial charge in [0.2, 0.25) is 5.91 Å². The third-order valence-electron chi connectivity index (χ3n) is 8.72. The molecule has 4 aliphatic heterocycles. The van der Waals surface area contributed by atoms with Crippen molar-refractivity contribution in [3.63, 3.8) is 0 Å². The number of carbonyl (C=O) groups excluding carboxylic acids is 2. The predicted octanol–water partition coefficient (Wildman–Crippen LogP) is 3.04. The second-order valence-electron chi connectivity index (χ2n) is 11.8. The highest BCUT2D eigenvalue weighted by atomic mass is 32.2. The second-order valence-corrected chi connectivity index (χ2v) is 13.6. The van der Waals surface area contributed by atoms with E-state index in [-0.39, 0.29) is 36.4 Å². The molecule has 4 N–H and O–H groups in total. The minimum Gasteiger partial charge on any atom is -0.475 e. The van der Waals surface area contributed by atoms with Crippen LogP contribution in [0.4, 0.5) is 18.9 Å². The molecule has 2 aromatic carbocycles. The van der Waals surface area contributed by atoms with Gasteiger partial charge in [-0.1, -0.05) is 30.3 Å². The Kier molecular flexibility index (Phi) is 9.82. The van der Waals surface area contributed by atoms with Gasteiger partial charge >= 0.3 is 12.1 Å². The van der Waals surface area contributed by atoms with Crippen molar-refractivity contribution in [3.05, 3.63) is 65.2 Å². The van der Waals surface area contributed by atoms with Crippen LogP contribution in [0.2, 0.25) is 0 Å². The Balaban J connectivity index is 0.000000515. The first kappa shape index (κ1) is 32.9. The Labute approximate surface area is 259 Å². The van der Waals surface area contributed by atoms with Crippen LogP contribution in [-0.2, 0) is 32.8 Å².